The van der Waals surface area contributed by atoms with Gasteiger partial charge in [0.2, 0.25) is 0 Å². The molecule has 4 heteroatoms. The topological polar surface area (TPSA) is 81.5 Å². The van der Waals surface area contributed by atoms with E-state index in [1.165, 1.54) is 0 Å². The van der Waals surface area contributed by atoms with Crippen LogP contribution < -0.4 is 11.5 Å². The molecule has 0 unspecified atom stereocenters. The van der Waals surface area contributed by atoms with E-state index in [1.807, 2.05) is 0 Å². The van der Waals surface area contributed by atoms with Gasteiger partial charge in [-0.3, -0.25) is 0 Å². The molecule has 0 fully saturated rings. The maximum absolute atomic E-state index is 7.99. The van der Waals surface area contributed by atoms with E-state index in [4.69, 9.17) is 16.6 Å². The molecule has 0 saturated carbocycles. The highest BCUT2D eigenvalue weighted by molar-refractivity contribution is 4.28. The third-order valence-corrected chi connectivity index (χ3v) is 0.684. The van der Waals surface area contributed by atoms with Crippen molar-refractivity contribution in [2.24, 2.45) is 11.5 Å². The molecule has 0 spiro atoms. The van der Waals surface area contributed by atoms with Crippen LogP contribution in [0.25, 0.3) is 0 Å². The Morgan fingerprint density at radius 2 is 1.90 bits per heavy atom. The molecule has 0 aromatic rings. The molecule has 0 aromatic carbocycles. The molecule has 0 atom stereocenters. The number of methoxy groups -OCH3 is 1. The first-order valence-corrected chi connectivity index (χ1v) is 3.33. The minimum absolute atomic E-state index is 0.219. The Bertz CT molecular complexity index is 34.7. The van der Waals surface area contributed by atoms with Crippen molar-refractivity contribution in [1.82, 2.24) is 0 Å². The smallest absolute Gasteiger partial charge is 0.0584 e. The SMILES string of the molecule is COCCN.NCCCO. The van der Waals surface area contributed by atoms with Gasteiger partial charge in [0.1, 0.15) is 0 Å². The van der Waals surface area contributed by atoms with Crippen molar-refractivity contribution in [2.75, 3.05) is 33.4 Å². The number of aliphatic hydroxyl groups is 1. The van der Waals surface area contributed by atoms with Crippen molar-refractivity contribution < 1.29 is 9.84 Å². The predicted octanol–water partition coefficient (Wildman–Crippen LogP) is -1.08. The number of hydrogen-bond acceptors (Lipinski definition) is 4. The lowest BCUT2D eigenvalue weighted by Crippen LogP contribution is -2.05. The summed E-state index contributed by atoms with van der Waals surface area (Å²) in [5, 5.41) is 7.99. The van der Waals surface area contributed by atoms with Crippen molar-refractivity contribution in [3.8, 4) is 0 Å². The summed E-state index contributed by atoms with van der Waals surface area (Å²) >= 11 is 0. The molecule has 0 radical (unpaired) electrons. The minimum atomic E-state index is 0.219. The summed E-state index contributed by atoms with van der Waals surface area (Å²) in [5.41, 5.74) is 9.99. The molecular formula is C6H18N2O2. The van der Waals surface area contributed by atoms with Crippen molar-refractivity contribution in [3.63, 3.8) is 0 Å². The highest BCUT2D eigenvalue weighted by Crippen LogP contribution is 1.62. The van der Waals surface area contributed by atoms with Crippen LogP contribution in [0.2, 0.25) is 0 Å². The first-order valence-electron chi connectivity index (χ1n) is 3.33. The summed E-state index contributed by atoms with van der Waals surface area (Å²) in [7, 11) is 1.63. The fraction of sp³-hybridized carbons (Fsp3) is 1.00. The summed E-state index contributed by atoms with van der Waals surface area (Å²) in [6, 6.07) is 0. The number of ether oxygens (including phenoxy) is 1. The Hall–Kier alpha value is -0.160. The molecule has 0 aliphatic rings. The number of rotatable bonds is 4. The number of nitrogens with two attached hydrogens (primary N) is 2. The third-order valence-electron chi connectivity index (χ3n) is 0.684. The fourth-order valence-corrected chi connectivity index (χ4v) is 0.209. The molecule has 0 aromatic heterocycles. The second kappa shape index (κ2) is 15.9. The van der Waals surface area contributed by atoms with Crippen LogP contribution in [0.3, 0.4) is 0 Å². The van der Waals surface area contributed by atoms with Crippen LogP contribution in [0.15, 0.2) is 0 Å². The van der Waals surface area contributed by atoms with E-state index >= 15 is 0 Å². The first kappa shape index (κ1) is 12.5. The Morgan fingerprint density at radius 1 is 1.30 bits per heavy atom. The van der Waals surface area contributed by atoms with Crippen molar-refractivity contribution >= 4 is 0 Å². The quantitative estimate of drug-likeness (QED) is 0.476. The van der Waals surface area contributed by atoms with Gasteiger partial charge in [-0.25, -0.2) is 0 Å². The van der Waals surface area contributed by atoms with Gasteiger partial charge in [-0.2, -0.15) is 0 Å². The number of hydrogen-bond donors (Lipinski definition) is 3. The average Bonchev–Trinajstić information content (AvgIpc) is 1.93. The van der Waals surface area contributed by atoms with Gasteiger partial charge in [-0.1, -0.05) is 0 Å². The normalized spacial score (nSPS) is 8.40. The molecule has 64 valence electrons. The molecule has 0 bridgehead atoms. The van der Waals surface area contributed by atoms with Gasteiger partial charge in [-0.15, -0.1) is 0 Å². The van der Waals surface area contributed by atoms with Crippen molar-refractivity contribution in [1.29, 1.82) is 0 Å². The standard InChI is InChI=1S/2C3H9NO/c1-5-3-2-4;4-2-1-3-5/h2-4H2,1H3;5H,1-4H2. The lowest BCUT2D eigenvalue weighted by atomic mass is 10.5. The Labute approximate surface area is 62.2 Å². The van der Waals surface area contributed by atoms with Crippen LogP contribution in [-0.4, -0.2) is 38.5 Å². The second-order valence-electron chi connectivity index (χ2n) is 1.65. The van der Waals surface area contributed by atoms with Crippen molar-refractivity contribution in [2.45, 2.75) is 6.42 Å². The maximum Gasteiger partial charge on any atom is 0.0584 e. The van der Waals surface area contributed by atoms with Crippen LogP contribution in [0.5, 0.6) is 0 Å². The molecule has 0 amide bonds. The Morgan fingerprint density at radius 3 is 1.90 bits per heavy atom. The van der Waals surface area contributed by atoms with Crippen molar-refractivity contribution in [3.05, 3.63) is 0 Å². The Balaban J connectivity index is 0. The van der Waals surface area contributed by atoms with Crippen LogP contribution in [0, 0.1) is 0 Å². The molecular weight excluding hydrogens is 132 g/mol. The highest BCUT2D eigenvalue weighted by atomic mass is 16.5. The summed E-state index contributed by atoms with van der Waals surface area (Å²) in [5.74, 6) is 0. The fourth-order valence-electron chi connectivity index (χ4n) is 0.209. The van der Waals surface area contributed by atoms with E-state index < -0.39 is 0 Å². The summed E-state index contributed by atoms with van der Waals surface area (Å²) in [6.07, 6.45) is 0.722. The van der Waals surface area contributed by atoms with E-state index in [0.717, 1.165) is 6.42 Å². The van der Waals surface area contributed by atoms with E-state index in [9.17, 15) is 0 Å². The molecule has 4 nitrogen and oxygen atoms in total. The van der Waals surface area contributed by atoms with Gasteiger partial charge in [0.15, 0.2) is 0 Å². The zero-order valence-corrected chi connectivity index (χ0v) is 6.55. The molecule has 0 aliphatic heterocycles. The largest absolute Gasteiger partial charge is 0.396 e. The van der Waals surface area contributed by atoms with Gasteiger partial charge in [0.05, 0.1) is 6.61 Å². The predicted molar refractivity (Wildman–Crippen MR) is 41.7 cm³/mol. The van der Waals surface area contributed by atoms with Crippen LogP contribution in [0.4, 0.5) is 0 Å². The summed E-state index contributed by atoms with van der Waals surface area (Å²) < 4.78 is 4.57. The molecule has 0 saturated heterocycles. The lowest BCUT2D eigenvalue weighted by Gasteiger charge is -1.85. The van der Waals surface area contributed by atoms with Gasteiger partial charge >= 0.3 is 0 Å². The first-order chi connectivity index (χ1) is 4.83. The van der Waals surface area contributed by atoms with Crippen LogP contribution >= 0.6 is 0 Å². The monoisotopic (exact) mass is 150 g/mol. The maximum atomic E-state index is 7.99. The van der Waals surface area contributed by atoms with Gasteiger partial charge in [0.25, 0.3) is 0 Å². The molecule has 5 N–H and O–H groups in total. The summed E-state index contributed by atoms with van der Waals surface area (Å²) in [6.45, 7) is 2.10. The molecule has 10 heavy (non-hydrogen) atoms. The van der Waals surface area contributed by atoms with E-state index in [2.05, 4.69) is 4.74 Å². The lowest BCUT2D eigenvalue weighted by molar-refractivity contribution is 0.207. The van der Waals surface area contributed by atoms with Gasteiger partial charge in [0, 0.05) is 20.3 Å². The Kier molecular flexibility index (Phi) is 19.9. The second-order valence-corrected chi connectivity index (χ2v) is 1.65. The molecule has 0 heterocycles. The molecule has 0 aliphatic carbocycles. The van der Waals surface area contributed by atoms with Crippen LogP contribution in [0.1, 0.15) is 6.42 Å². The van der Waals surface area contributed by atoms with E-state index in [0.29, 0.717) is 19.7 Å². The minimum Gasteiger partial charge on any atom is -0.396 e. The van der Waals surface area contributed by atoms with E-state index in [1.54, 1.807) is 7.11 Å². The molecule has 0 rings (SSSR count). The van der Waals surface area contributed by atoms with Crippen LogP contribution in [-0.2, 0) is 4.74 Å². The zero-order chi connectivity index (χ0) is 8.24. The van der Waals surface area contributed by atoms with Gasteiger partial charge in [-0.05, 0) is 13.0 Å². The number of aliphatic hydroxyl groups excluding tert-OH is 1. The summed E-state index contributed by atoms with van der Waals surface area (Å²) in [4.78, 5) is 0. The zero-order valence-electron chi connectivity index (χ0n) is 6.55. The third kappa shape index (κ3) is 24.9. The highest BCUT2D eigenvalue weighted by Gasteiger charge is 1.69. The van der Waals surface area contributed by atoms with Gasteiger partial charge < -0.3 is 21.3 Å². The van der Waals surface area contributed by atoms with E-state index in [-0.39, 0.29) is 6.61 Å². The average molecular weight is 150 g/mol.